The van der Waals surface area contributed by atoms with Gasteiger partial charge in [0.2, 0.25) is 0 Å². The zero-order chi connectivity index (χ0) is 14.1. The van der Waals surface area contributed by atoms with Crippen LogP contribution >= 0.6 is 15.9 Å². The van der Waals surface area contributed by atoms with Crippen molar-refractivity contribution >= 4 is 27.6 Å². The highest BCUT2D eigenvalue weighted by molar-refractivity contribution is 9.09. The van der Waals surface area contributed by atoms with E-state index >= 15 is 0 Å². The Morgan fingerprint density at radius 1 is 1.12 bits per heavy atom. The highest BCUT2D eigenvalue weighted by atomic mass is 79.9. The second-order valence-corrected chi connectivity index (χ2v) is 5.32. The number of hydrogen-bond acceptors (Lipinski definition) is 2. The zero-order valence-corrected chi connectivity index (χ0v) is 11.6. The minimum absolute atomic E-state index is 0.0192. The van der Waals surface area contributed by atoms with Crippen molar-refractivity contribution in [3.05, 3.63) is 0 Å². The van der Waals surface area contributed by atoms with Crippen LogP contribution in [0.3, 0.4) is 0 Å². The summed E-state index contributed by atoms with van der Waals surface area (Å²) in [4.78, 5) is 22.5. The van der Waals surface area contributed by atoms with Crippen LogP contribution in [0, 0.1) is 5.41 Å². The van der Waals surface area contributed by atoms with E-state index in [4.69, 9.17) is 0 Å². The molecule has 0 aromatic carbocycles. The fraction of sp³-hybridized carbons (Fsp3) is 0.800. The minimum atomic E-state index is -4.95. The van der Waals surface area contributed by atoms with Gasteiger partial charge in [-0.1, -0.05) is 29.8 Å². The first kappa shape index (κ1) is 16.4. The molecule has 100 valence electrons. The molecule has 0 bridgehead atoms. The van der Waals surface area contributed by atoms with Crippen molar-refractivity contribution in [1.82, 2.24) is 5.32 Å². The van der Waals surface area contributed by atoms with E-state index < -0.39 is 23.0 Å². The Kier molecular flexibility index (Phi) is 4.78. The van der Waals surface area contributed by atoms with E-state index in [9.17, 15) is 22.8 Å². The lowest BCUT2D eigenvalue weighted by atomic mass is 9.72. The van der Waals surface area contributed by atoms with Gasteiger partial charge in [-0.2, -0.15) is 13.2 Å². The monoisotopic (exact) mass is 317 g/mol. The number of Topliss-reactive ketones (excluding diaryl/α,β-unsaturated/α-hetero) is 1. The number of nitrogens with one attached hydrogen (secondary N) is 1. The molecule has 0 aliphatic carbocycles. The van der Waals surface area contributed by atoms with E-state index in [1.54, 1.807) is 0 Å². The van der Waals surface area contributed by atoms with Crippen LogP contribution in [0.15, 0.2) is 0 Å². The maximum Gasteiger partial charge on any atom is 0.471 e. The number of alkyl halides is 4. The molecule has 3 nitrogen and oxygen atoms in total. The van der Waals surface area contributed by atoms with Gasteiger partial charge in [0, 0.05) is 11.0 Å². The fourth-order valence-electron chi connectivity index (χ4n) is 1.03. The van der Waals surface area contributed by atoms with Crippen molar-refractivity contribution in [3.8, 4) is 0 Å². The normalized spacial score (nSPS) is 13.4. The molecule has 0 saturated carbocycles. The average molecular weight is 318 g/mol. The largest absolute Gasteiger partial charge is 0.471 e. The molecule has 0 radical (unpaired) electrons. The summed E-state index contributed by atoms with van der Waals surface area (Å²) in [6.45, 7) is 5.76. The van der Waals surface area contributed by atoms with Gasteiger partial charge in [-0.05, 0) is 13.8 Å². The third kappa shape index (κ3) is 3.69. The van der Waals surface area contributed by atoms with E-state index in [1.807, 2.05) is 5.32 Å². The summed E-state index contributed by atoms with van der Waals surface area (Å²) in [6, 6.07) is 0. The quantitative estimate of drug-likeness (QED) is 0.809. The Labute approximate surface area is 106 Å². The van der Waals surface area contributed by atoms with E-state index in [0.29, 0.717) is 0 Å². The molecular formula is C10H15BrF3NO2. The summed E-state index contributed by atoms with van der Waals surface area (Å²) < 4.78 is 36.4. The maximum atomic E-state index is 12.1. The highest BCUT2D eigenvalue weighted by Gasteiger charge is 2.48. The van der Waals surface area contributed by atoms with Crippen LogP contribution in [0.4, 0.5) is 13.2 Å². The van der Waals surface area contributed by atoms with Crippen LogP contribution in [-0.4, -0.2) is 28.7 Å². The summed E-state index contributed by atoms with van der Waals surface area (Å²) in [6.07, 6.45) is -4.95. The molecule has 0 heterocycles. The maximum absolute atomic E-state index is 12.1. The van der Waals surface area contributed by atoms with Crippen molar-refractivity contribution in [2.24, 2.45) is 5.41 Å². The smallest absolute Gasteiger partial charge is 0.342 e. The lowest BCUT2D eigenvalue weighted by Gasteiger charge is -2.40. The van der Waals surface area contributed by atoms with E-state index in [-0.39, 0.29) is 11.1 Å². The van der Waals surface area contributed by atoms with Gasteiger partial charge in [-0.25, -0.2) is 0 Å². The lowest BCUT2D eigenvalue weighted by Crippen LogP contribution is -2.59. The summed E-state index contributed by atoms with van der Waals surface area (Å²) >= 11 is 2.96. The van der Waals surface area contributed by atoms with Crippen LogP contribution < -0.4 is 5.32 Å². The molecule has 0 fully saturated rings. The summed E-state index contributed by atoms with van der Waals surface area (Å²) in [5.41, 5.74) is -2.41. The number of carbonyl (C=O) groups excluding carboxylic acids is 2. The molecule has 1 amide bonds. The second-order valence-electron chi connectivity index (χ2n) is 4.76. The van der Waals surface area contributed by atoms with Crippen LogP contribution in [0.1, 0.15) is 27.7 Å². The third-order valence-electron chi connectivity index (χ3n) is 3.06. The summed E-state index contributed by atoms with van der Waals surface area (Å²) in [5, 5.41) is 1.87. The Balaban J connectivity index is 5.04. The number of carbonyl (C=O) groups is 2. The van der Waals surface area contributed by atoms with Gasteiger partial charge >= 0.3 is 12.1 Å². The molecule has 0 atom stereocenters. The standard InChI is InChI=1S/C10H15BrF3NO2/c1-8(2,6(16)5-11)9(3,4)15-7(17)10(12,13)14/h5H2,1-4H3,(H,15,17). The number of ketones is 1. The SMILES string of the molecule is CC(C)(NC(=O)C(F)(F)F)C(C)(C)C(=O)CBr. The lowest BCUT2D eigenvalue weighted by molar-refractivity contribution is -0.176. The van der Waals surface area contributed by atoms with Crippen LogP contribution in [0.2, 0.25) is 0 Å². The van der Waals surface area contributed by atoms with Gasteiger partial charge in [0.05, 0.1) is 5.33 Å². The molecule has 1 N–H and O–H groups in total. The number of halogens is 4. The minimum Gasteiger partial charge on any atom is -0.342 e. The Morgan fingerprint density at radius 2 is 1.53 bits per heavy atom. The van der Waals surface area contributed by atoms with Crippen molar-refractivity contribution in [1.29, 1.82) is 0 Å². The van der Waals surface area contributed by atoms with Gasteiger partial charge < -0.3 is 5.32 Å². The predicted octanol–water partition coefficient (Wildman–Crippen LogP) is 2.43. The van der Waals surface area contributed by atoms with E-state index in [1.165, 1.54) is 27.7 Å². The molecule has 0 aliphatic heterocycles. The van der Waals surface area contributed by atoms with Gasteiger partial charge in [-0.15, -0.1) is 0 Å². The van der Waals surface area contributed by atoms with Crippen LogP contribution in [0.25, 0.3) is 0 Å². The Hall–Kier alpha value is -0.590. The zero-order valence-electron chi connectivity index (χ0n) is 10.0. The Bertz CT molecular complexity index is 324. The number of amides is 1. The first-order valence-electron chi connectivity index (χ1n) is 4.85. The van der Waals surface area contributed by atoms with Gasteiger partial charge in [0.25, 0.3) is 0 Å². The summed E-state index contributed by atoms with van der Waals surface area (Å²) in [7, 11) is 0. The van der Waals surface area contributed by atoms with E-state index in [2.05, 4.69) is 15.9 Å². The molecule has 0 aromatic heterocycles. The number of rotatable bonds is 4. The fourth-order valence-corrected chi connectivity index (χ4v) is 1.73. The molecule has 0 rings (SSSR count). The summed E-state index contributed by atoms with van der Waals surface area (Å²) in [5.74, 6) is -2.33. The molecule has 0 saturated heterocycles. The molecule has 7 heteroatoms. The van der Waals surface area contributed by atoms with Crippen LogP contribution in [0.5, 0.6) is 0 Å². The molecule has 0 aromatic rings. The number of hydrogen-bond donors (Lipinski definition) is 1. The Morgan fingerprint density at radius 3 is 1.82 bits per heavy atom. The van der Waals surface area contributed by atoms with Gasteiger partial charge in [-0.3, -0.25) is 9.59 Å². The molecule has 0 aliphatic rings. The average Bonchev–Trinajstić information content (AvgIpc) is 2.13. The second kappa shape index (κ2) is 4.96. The molecule has 17 heavy (non-hydrogen) atoms. The van der Waals surface area contributed by atoms with Crippen molar-refractivity contribution in [3.63, 3.8) is 0 Å². The van der Waals surface area contributed by atoms with Crippen molar-refractivity contribution in [2.45, 2.75) is 39.4 Å². The first-order valence-corrected chi connectivity index (χ1v) is 5.97. The molecule has 0 unspecified atom stereocenters. The topological polar surface area (TPSA) is 46.2 Å². The third-order valence-corrected chi connectivity index (χ3v) is 3.57. The molecular weight excluding hydrogens is 303 g/mol. The van der Waals surface area contributed by atoms with Crippen molar-refractivity contribution < 1.29 is 22.8 Å². The highest BCUT2D eigenvalue weighted by Crippen LogP contribution is 2.33. The van der Waals surface area contributed by atoms with Crippen molar-refractivity contribution in [2.75, 3.05) is 5.33 Å². The van der Waals surface area contributed by atoms with E-state index in [0.717, 1.165) is 0 Å². The first-order chi connectivity index (χ1) is 7.36. The van der Waals surface area contributed by atoms with Gasteiger partial charge in [0.1, 0.15) is 0 Å². The predicted molar refractivity (Wildman–Crippen MR) is 60.9 cm³/mol. The van der Waals surface area contributed by atoms with Gasteiger partial charge in [0.15, 0.2) is 5.78 Å². The molecule has 0 spiro atoms. The van der Waals surface area contributed by atoms with Crippen LogP contribution in [-0.2, 0) is 9.59 Å².